The number of hydrogen-bond acceptors (Lipinski definition) is 11. The molecule has 3 aromatic heterocycles. The quantitative estimate of drug-likeness (QED) is 0.0915. The number of halogens is 1. The van der Waals surface area contributed by atoms with Crippen molar-refractivity contribution in [2.75, 3.05) is 11.9 Å². The molecular formula is C26H14BrN5O6S2. The van der Waals surface area contributed by atoms with Crippen LogP contribution in [0.25, 0.3) is 33.9 Å². The van der Waals surface area contributed by atoms with E-state index in [0.29, 0.717) is 21.8 Å². The van der Waals surface area contributed by atoms with E-state index in [1.807, 2.05) is 6.07 Å². The van der Waals surface area contributed by atoms with Crippen molar-refractivity contribution in [1.82, 2.24) is 9.97 Å². The molecule has 5 rings (SSSR count). The monoisotopic (exact) mass is 635 g/mol. The number of thiazole rings is 2. The van der Waals surface area contributed by atoms with Gasteiger partial charge in [-0.05, 0) is 36.4 Å². The number of carbonyl (C=O) groups excluding carboxylic acids is 1. The molecule has 0 fully saturated rings. The van der Waals surface area contributed by atoms with Crippen molar-refractivity contribution in [3.63, 3.8) is 0 Å². The van der Waals surface area contributed by atoms with E-state index < -0.39 is 23.1 Å². The Hall–Kier alpha value is -4.71. The standard InChI is InChI=1S/C26H14BrN5O6S2/c27-17-1-3-22-15(8-17)10-19(25(34)38-22)20-13-40-24(30-20)16(11-28)7-14-9-18(32(35)36)2-4-21(14)37-12-23(33)31-26-29-5-6-39-26/h1-10,13H,12H2,(H,29,31,33). The van der Waals surface area contributed by atoms with E-state index in [2.05, 4.69) is 31.2 Å². The lowest BCUT2D eigenvalue weighted by Gasteiger charge is -2.09. The number of amides is 1. The largest absolute Gasteiger partial charge is 0.483 e. The molecule has 40 heavy (non-hydrogen) atoms. The molecule has 0 saturated carbocycles. The van der Waals surface area contributed by atoms with Crippen LogP contribution in [0, 0.1) is 21.4 Å². The molecule has 2 aromatic carbocycles. The van der Waals surface area contributed by atoms with Crippen LogP contribution in [0.4, 0.5) is 10.8 Å². The Morgan fingerprint density at radius 1 is 1.25 bits per heavy atom. The van der Waals surface area contributed by atoms with Crippen molar-refractivity contribution >= 4 is 77.9 Å². The first-order chi connectivity index (χ1) is 19.3. The number of nitrogens with one attached hydrogen (secondary N) is 1. The molecule has 0 aliphatic heterocycles. The number of allylic oxidation sites excluding steroid dienone is 1. The molecule has 0 radical (unpaired) electrons. The van der Waals surface area contributed by atoms with Crippen molar-refractivity contribution in [3.05, 3.63) is 95.0 Å². The lowest BCUT2D eigenvalue weighted by Crippen LogP contribution is -2.20. The number of fused-ring (bicyclic) bond motifs is 1. The van der Waals surface area contributed by atoms with Gasteiger partial charge in [0.1, 0.15) is 22.4 Å². The highest BCUT2D eigenvalue weighted by Crippen LogP contribution is 2.32. The third-order valence-electron chi connectivity index (χ3n) is 5.37. The van der Waals surface area contributed by atoms with Crippen LogP contribution in [0.2, 0.25) is 0 Å². The summed E-state index contributed by atoms with van der Waals surface area (Å²) in [5.41, 5.74) is 0.398. The number of anilines is 1. The molecule has 0 bridgehead atoms. The maximum absolute atomic E-state index is 12.6. The Morgan fingerprint density at radius 2 is 2.10 bits per heavy atom. The Morgan fingerprint density at radius 3 is 2.85 bits per heavy atom. The zero-order valence-corrected chi connectivity index (χ0v) is 23.2. The number of carbonyl (C=O) groups is 1. The first-order valence-corrected chi connectivity index (χ1v) is 13.8. The van der Waals surface area contributed by atoms with Gasteiger partial charge in [-0.2, -0.15) is 5.26 Å². The van der Waals surface area contributed by atoms with Crippen LogP contribution >= 0.6 is 38.6 Å². The van der Waals surface area contributed by atoms with Gasteiger partial charge >= 0.3 is 5.63 Å². The molecule has 0 atom stereocenters. The number of non-ortho nitro benzene ring substituents is 1. The van der Waals surface area contributed by atoms with Gasteiger partial charge in [-0.25, -0.2) is 14.8 Å². The number of nitrogens with zero attached hydrogens (tertiary/aromatic N) is 4. The minimum Gasteiger partial charge on any atom is -0.483 e. The molecule has 0 spiro atoms. The Labute approximate surface area is 241 Å². The highest BCUT2D eigenvalue weighted by molar-refractivity contribution is 9.10. The summed E-state index contributed by atoms with van der Waals surface area (Å²) in [4.78, 5) is 44.1. The summed E-state index contributed by atoms with van der Waals surface area (Å²) < 4.78 is 11.8. The van der Waals surface area contributed by atoms with Crippen molar-refractivity contribution in [3.8, 4) is 23.1 Å². The number of hydrogen-bond donors (Lipinski definition) is 1. The van der Waals surface area contributed by atoms with Gasteiger partial charge in [-0.15, -0.1) is 22.7 Å². The normalized spacial score (nSPS) is 11.2. The van der Waals surface area contributed by atoms with Crippen LogP contribution in [0.1, 0.15) is 10.6 Å². The van der Waals surface area contributed by atoms with Crippen LogP contribution in [0.3, 0.4) is 0 Å². The van der Waals surface area contributed by atoms with Gasteiger partial charge in [0.25, 0.3) is 11.6 Å². The second-order valence-corrected chi connectivity index (χ2v) is 10.7. The van der Waals surface area contributed by atoms with Gasteiger partial charge in [-0.3, -0.25) is 20.2 Å². The first kappa shape index (κ1) is 26.9. The number of rotatable bonds is 8. The number of aromatic nitrogens is 2. The second-order valence-electron chi connectivity index (χ2n) is 7.99. The third kappa shape index (κ3) is 5.96. The molecule has 1 N–H and O–H groups in total. The summed E-state index contributed by atoms with van der Waals surface area (Å²) >= 11 is 5.75. The summed E-state index contributed by atoms with van der Waals surface area (Å²) in [7, 11) is 0. The highest BCUT2D eigenvalue weighted by Gasteiger charge is 2.17. The molecule has 0 aliphatic carbocycles. The molecule has 198 valence electrons. The van der Waals surface area contributed by atoms with Gasteiger partial charge in [0.15, 0.2) is 11.7 Å². The fourth-order valence-corrected chi connectivity index (χ4v) is 5.28. The molecule has 11 nitrogen and oxygen atoms in total. The summed E-state index contributed by atoms with van der Waals surface area (Å²) in [5.74, 6) is -0.334. The highest BCUT2D eigenvalue weighted by atomic mass is 79.9. The smallest absolute Gasteiger partial charge is 0.345 e. The van der Waals surface area contributed by atoms with Crippen LogP contribution in [0.15, 0.2) is 73.1 Å². The number of nitriles is 1. The average Bonchev–Trinajstić information content (AvgIpc) is 3.63. The lowest BCUT2D eigenvalue weighted by molar-refractivity contribution is -0.384. The van der Waals surface area contributed by atoms with Gasteiger partial charge < -0.3 is 9.15 Å². The number of nitro groups is 1. The number of benzene rings is 2. The van der Waals surface area contributed by atoms with Crippen LogP contribution in [-0.2, 0) is 4.79 Å². The second kappa shape index (κ2) is 11.6. The van der Waals surface area contributed by atoms with Gasteiger partial charge in [0, 0.05) is 44.5 Å². The van der Waals surface area contributed by atoms with E-state index in [0.717, 1.165) is 15.8 Å². The van der Waals surface area contributed by atoms with Gasteiger partial charge in [0.2, 0.25) is 0 Å². The predicted molar refractivity (Wildman–Crippen MR) is 154 cm³/mol. The van der Waals surface area contributed by atoms with Crippen LogP contribution in [0.5, 0.6) is 5.75 Å². The van der Waals surface area contributed by atoms with E-state index in [9.17, 15) is 25.0 Å². The summed E-state index contributed by atoms with van der Waals surface area (Å²) in [6.45, 7) is -0.393. The van der Waals surface area contributed by atoms with E-state index in [1.54, 1.807) is 41.2 Å². The van der Waals surface area contributed by atoms with Crippen molar-refractivity contribution in [1.29, 1.82) is 5.26 Å². The van der Waals surface area contributed by atoms with Crippen molar-refractivity contribution < 1.29 is 18.9 Å². The summed E-state index contributed by atoms with van der Waals surface area (Å²) in [6, 6.07) is 12.7. The lowest BCUT2D eigenvalue weighted by atomic mass is 10.1. The number of nitro benzene ring substituents is 1. The predicted octanol–water partition coefficient (Wildman–Crippen LogP) is 6.13. The minimum absolute atomic E-state index is 0.0711. The molecule has 5 aromatic rings. The molecule has 1 amide bonds. The molecule has 0 unspecified atom stereocenters. The summed E-state index contributed by atoms with van der Waals surface area (Å²) in [6.07, 6.45) is 2.92. The van der Waals surface area contributed by atoms with Gasteiger partial charge in [-0.1, -0.05) is 15.9 Å². The van der Waals surface area contributed by atoms with E-state index in [4.69, 9.17) is 9.15 Å². The Kier molecular flexibility index (Phi) is 7.78. The van der Waals surface area contributed by atoms with Crippen LogP contribution in [-0.4, -0.2) is 27.4 Å². The topological polar surface area (TPSA) is 161 Å². The number of ether oxygens (including phenoxy) is 1. The fraction of sp³-hybridized carbons (Fsp3) is 0.0385. The van der Waals surface area contributed by atoms with Crippen molar-refractivity contribution in [2.24, 2.45) is 0 Å². The zero-order chi connectivity index (χ0) is 28.2. The van der Waals surface area contributed by atoms with E-state index in [1.165, 1.54) is 35.6 Å². The third-order valence-corrected chi connectivity index (χ3v) is 7.42. The summed E-state index contributed by atoms with van der Waals surface area (Å²) in [5, 5.41) is 28.5. The maximum atomic E-state index is 12.6. The average molecular weight is 636 g/mol. The Bertz CT molecular complexity index is 1890. The van der Waals surface area contributed by atoms with Gasteiger partial charge in [0.05, 0.1) is 21.8 Å². The molecule has 3 heterocycles. The van der Waals surface area contributed by atoms with Crippen LogP contribution < -0.4 is 15.7 Å². The Balaban J connectivity index is 1.46. The zero-order valence-electron chi connectivity index (χ0n) is 20.0. The van der Waals surface area contributed by atoms with E-state index in [-0.39, 0.29) is 33.1 Å². The van der Waals surface area contributed by atoms with E-state index >= 15 is 0 Å². The fourth-order valence-electron chi connectivity index (χ4n) is 3.57. The minimum atomic E-state index is -0.584. The first-order valence-electron chi connectivity index (χ1n) is 11.2. The SMILES string of the molecule is N#CC(=Cc1cc([N+](=O)[O-])ccc1OCC(=O)Nc1nccs1)c1nc(-c2cc3cc(Br)ccc3oc2=O)cs1. The maximum Gasteiger partial charge on any atom is 0.345 e. The van der Waals surface area contributed by atoms with Crippen molar-refractivity contribution in [2.45, 2.75) is 0 Å². The molecule has 0 saturated heterocycles. The molecule has 0 aliphatic rings. The molecule has 14 heteroatoms. The molecular weight excluding hydrogens is 622 g/mol.